The molecule has 0 spiro atoms. The summed E-state index contributed by atoms with van der Waals surface area (Å²) in [4.78, 5) is 0. The lowest BCUT2D eigenvalue weighted by molar-refractivity contribution is 0.477. The van der Waals surface area contributed by atoms with E-state index in [1.54, 1.807) is 0 Å². The van der Waals surface area contributed by atoms with Crippen molar-refractivity contribution in [2.24, 2.45) is 0 Å². The highest BCUT2D eigenvalue weighted by molar-refractivity contribution is 6.69. The average Bonchev–Trinajstić information content (AvgIpc) is 2.09. The minimum atomic E-state index is -1.34. The lowest BCUT2D eigenvalue weighted by Gasteiger charge is -2.14. The van der Waals surface area contributed by atoms with E-state index >= 15 is 0 Å². The lowest BCUT2D eigenvalue weighted by atomic mass is 9.43. The normalized spacial score (nSPS) is 12.1. The lowest BCUT2D eigenvalue weighted by Crippen LogP contribution is -2.21. The highest BCUT2D eigenvalue weighted by Crippen LogP contribution is 2.09. The van der Waals surface area contributed by atoms with Crippen molar-refractivity contribution in [3.8, 4) is 0 Å². The van der Waals surface area contributed by atoms with E-state index in [1.807, 2.05) is 6.26 Å². The number of hydrogen-bond acceptors (Lipinski definition) is 1. The zero-order valence-electron chi connectivity index (χ0n) is 10.5. The van der Waals surface area contributed by atoms with E-state index in [0.29, 0.717) is 0 Å². The molecule has 0 heterocycles. The molecule has 0 aromatic carbocycles. The third-order valence-corrected chi connectivity index (χ3v) is 3.26. The molecule has 0 radical (unpaired) electrons. The van der Waals surface area contributed by atoms with Gasteiger partial charge in [0.15, 0.2) is 0 Å². The molecule has 0 aromatic rings. The predicted molar refractivity (Wildman–Crippen MR) is 69.7 cm³/mol. The van der Waals surface area contributed by atoms with E-state index in [2.05, 4.69) is 39.6 Å². The van der Waals surface area contributed by atoms with Crippen LogP contribution in [0.1, 0.15) is 20.3 Å². The molecule has 0 N–H and O–H groups in total. The Hall–Kier alpha value is -0.178. The minimum Gasteiger partial charge on any atom is -0.550 e. The predicted octanol–water partition coefficient (Wildman–Crippen LogP) is 4.28. The maximum atomic E-state index is 5.64. The Bertz CT molecular complexity index is 159. The van der Waals surface area contributed by atoms with Crippen molar-refractivity contribution in [3.63, 3.8) is 0 Å². The maximum Gasteiger partial charge on any atom is 0.241 e. The fourth-order valence-electron chi connectivity index (χ4n) is 1.35. The van der Waals surface area contributed by atoms with Gasteiger partial charge in [-0.05, 0) is 26.1 Å². The topological polar surface area (TPSA) is 9.23 Å². The molecule has 1 nitrogen and oxygen atoms in total. The summed E-state index contributed by atoms with van der Waals surface area (Å²) < 4.78 is 5.64. The van der Waals surface area contributed by atoms with Gasteiger partial charge in [0.05, 0.1) is 6.26 Å². The third kappa shape index (κ3) is 8.42. The molecule has 0 amide bonds. The first-order valence-corrected chi connectivity index (χ1v) is 9.23. The van der Waals surface area contributed by atoms with Gasteiger partial charge in [-0.3, -0.25) is 0 Å². The maximum absolute atomic E-state index is 5.64. The first-order chi connectivity index (χ1) is 6.49. The van der Waals surface area contributed by atoms with Gasteiger partial charge in [0.1, 0.15) is 6.71 Å². The molecular formula is C11H25BOSi. The van der Waals surface area contributed by atoms with E-state index in [1.165, 1.54) is 19.0 Å². The van der Waals surface area contributed by atoms with Crippen molar-refractivity contribution in [2.45, 2.75) is 58.9 Å². The van der Waals surface area contributed by atoms with Crippen LogP contribution in [0.5, 0.6) is 0 Å². The Morgan fingerprint density at radius 3 is 2.14 bits per heavy atom. The fourth-order valence-corrected chi connectivity index (χ4v) is 1.85. The molecule has 0 saturated carbocycles. The number of rotatable bonds is 7. The fraction of sp³-hybridized carbons (Fsp3) is 0.818. The van der Waals surface area contributed by atoms with E-state index < -0.39 is 8.32 Å². The summed E-state index contributed by atoms with van der Waals surface area (Å²) in [6.45, 7) is 12.1. The van der Waals surface area contributed by atoms with E-state index in [9.17, 15) is 0 Å². The molecule has 3 heteroatoms. The molecule has 0 aliphatic carbocycles. The van der Waals surface area contributed by atoms with Crippen LogP contribution in [-0.4, -0.2) is 15.0 Å². The molecule has 0 saturated heterocycles. The third-order valence-electron chi connectivity index (χ3n) is 2.41. The Morgan fingerprint density at radius 1 is 1.14 bits per heavy atom. The van der Waals surface area contributed by atoms with Gasteiger partial charge in [0.2, 0.25) is 8.32 Å². The molecule has 0 fully saturated rings. The van der Waals surface area contributed by atoms with Crippen LogP contribution < -0.4 is 0 Å². The SMILES string of the molecule is CCB(CC)CC/C=C/O[Si](C)(C)C. The molecule has 0 bridgehead atoms. The van der Waals surface area contributed by atoms with Crippen LogP contribution in [0.3, 0.4) is 0 Å². The average molecular weight is 212 g/mol. The summed E-state index contributed by atoms with van der Waals surface area (Å²) in [6.07, 6.45) is 9.17. The van der Waals surface area contributed by atoms with Crippen molar-refractivity contribution < 1.29 is 4.43 Å². The molecule has 0 unspecified atom stereocenters. The molecule has 0 atom stereocenters. The minimum absolute atomic E-state index is 0.895. The van der Waals surface area contributed by atoms with Crippen molar-refractivity contribution in [3.05, 3.63) is 12.3 Å². The largest absolute Gasteiger partial charge is 0.550 e. The van der Waals surface area contributed by atoms with Crippen LogP contribution in [0.15, 0.2) is 12.3 Å². The van der Waals surface area contributed by atoms with Crippen LogP contribution in [0, 0.1) is 0 Å². The summed E-state index contributed by atoms with van der Waals surface area (Å²) in [5, 5.41) is 0. The summed E-state index contributed by atoms with van der Waals surface area (Å²) in [7, 11) is -1.34. The zero-order chi connectivity index (χ0) is 11.0. The second-order valence-corrected chi connectivity index (χ2v) is 9.32. The van der Waals surface area contributed by atoms with Crippen LogP contribution in [0.4, 0.5) is 0 Å². The molecule has 0 aliphatic heterocycles. The second-order valence-electron chi connectivity index (χ2n) is 4.86. The van der Waals surface area contributed by atoms with E-state index in [-0.39, 0.29) is 0 Å². The van der Waals surface area contributed by atoms with Gasteiger partial charge in [-0.1, -0.05) is 38.9 Å². The first-order valence-electron chi connectivity index (χ1n) is 5.82. The van der Waals surface area contributed by atoms with Crippen LogP contribution in [0.2, 0.25) is 38.6 Å². The number of hydrogen-bond donors (Lipinski definition) is 0. The quantitative estimate of drug-likeness (QED) is 0.452. The van der Waals surface area contributed by atoms with Gasteiger partial charge in [0, 0.05) is 0 Å². The molecule has 0 rings (SSSR count). The standard InChI is InChI=1S/C11H25BOSi/c1-6-12(7-2)10-8-9-11-13-14(3,4)5/h9,11H,6-8,10H2,1-5H3/b11-9+. The summed E-state index contributed by atoms with van der Waals surface area (Å²) in [6, 6.07) is 0. The summed E-state index contributed by atoms with van der Waals surface area (Å²) >= 11 is 0. The van der Waals surface area contributed by atoms with Gasteiger partial charge in [0.25, 0.3) is 0 Å². The van der Waals surface area contributed by atoms with Gasteiger partial charge < -0.3 is 4.43 Å². The van der Waals surface area contributed by atoms with Gasteiger partial charge in [-0.25, -0.2) is 0 Å². The van der Waals surface area contributed by atoms with Gasteiger partial charge in [-0.15, -0.1) is 0 Å². The van der Waals surface area contributed by atoms with Crippen molar-refractivity contribution in [2.75, 3.05) is 0 Å². The molecule has 14 heavy (non-hydrogen) atoms. The van der Waals surface area contributed by atoms with E-state index in [0.717, 1.165) is 13.1 Å². The monoisotopic (exact) mass is 212 g/mol. The van der Waals surface area contributed by atoms with Crippen LogP contribution >= 0.6 is 0 Å². The molecule has 82 valence electrons. The van der Waals surface area contributed by atoms with Crippen molar-refractivity contribution >= 4 is 15.0 Å². The zero-order valence-corrected chi connectivity index (χ0v) is 11.5. The highest BCUT2D eigenvalue weighted by atomic mass is 28.4. The smallest absolute Gasteiger partial charge is 0.241 e. The highest BCUT2D eigenvalue weighted by Gasteiger charge is 2.12. The van der Waals surface area contributed by atoms with Crippen molar-refractivity contribution in [1.29, 1.82) is 0 Å². The molecule has 0 aliphatic rings. The van der Waals surface area contributed by atoms with Crippen molar-refractivity contribution in [1.82, 2.24) is 0 Å². The Labute approximate surface area is 91.1 Å². The van der Waals surface area contributed by atoms with Gasteiger partial charge >= 0.3 is 0 Å². The molecular weight excluding hydrogens is 187 g/mol. The second kappa shape index (κ2) is 7.16. The van der Waals surface area contributed by atoms with E-state index in [4.69, 9.17) is 4.43 Å². The van der Waals surface area contributed by atoms with Gasteiger partial charge in [-0.2, -0.15) is 0 Å². The molecule has 0 aromatic heterocycles. The Morgan fingerprint density at radius 2 is 1.71 bits per heavy atom. The number of allylic oxidation sites excluding steroid dienone is 1. The first kappa shape index (κ1) is 13.8. The summed E-state index contributed by atoms with van der Waals surface area (Å²) in [5.74, 6) is 0. The Kier molecular flexibility index (Phi) is 7.07. The Balaban J connectivity index is 3.53. The van der Waals surface area contributed by atoms with Crippen LogP contribution in [-0.2, 0) is 4.43 Å². The summed E-state index contributed by atoms with van der Waals surface area (Å²) in [5.41, 5.74) is 0. The van der Waals surface area contributed by atoms with Crippen LogP contribution in [0.25, 0.3) is 0 Å².